The van der Waals surface area contributed by atoms with E-state index >= 15 is 0 Å². The van der Waals surface area contributed by atoms with Crippen molar-refractivity contribution in [2.24, 2.45) is 0 Å². The van der Waals surface area contributed by atoms with Gasteiger partial charge in [-0.25, -0.2) is 4.39 Å². The molecule has 0 aromatic heterocycles. The summed E-state index contributed by atoms with van der Waals surface area (Å²) in [5.41, 5.74) is 2.10. The molecule has 0 heterocycles. The molecule has 0 saturated carbocycles. The maximum atomic E-state index is 13.4. The Kier molecular flexibility index (Phi) is 4.73. The zero-order valence-electron chi connectivity index (χ0n) is 12.6. The minimum absolute atomic E-state index is 0.0210. The lowest BCUT2D eigenvalue weighted by molar-refractivity contribution is 0.0717. The van der Waals surface area contributed by atoms with Crippen molar-refractivity contribution in [2.45, 2.75) is 26.8 Å². The summed E-state index contributed by atoms with van der Waals surface area (Å²) in [4.78, 5) is 14.5. The molecule has 0 atom stereocenters. The molecular weight excluding hydrogens is 265 g/mol. The molecule has 0 aliphatic heterocycles. The summed E-state index contributed by atoms with van der Waals surface area (Å²) in [7, 11) is 0. The first-order chi connectivity index (χ1) is 10.0. The molecule has 2 aromatic rings. The van der Waals surface area contributed by atoms with Gasteiger partial charge in [0.05, 0.1) is 0 Å². The molecule has 0 spiro atoms. The number of rotatable bonds is 4. The van der Waals surface area contributed by atoms with E-state index in [0.717, 1.165) is 11.1 Å². The van der Waals surface area contributed by atoms with E-state index in [1.165, 1.54) is 12.1 Å². The minimum atomic E-state index is -0.300. The van der Waals surface area contributed by atoms with Crippen LogP contribution >= 0.6 is 0 Å². The largest absolute Gasteiger partial charge is 0.336 e. The predicted molar refractivity (Wildman–Crippen MR) is 83.7 cm³/mol. The van der Waals surface area contributed by atoms with Crippen molar-refractivity contribution in [2.75, 3.05) is 6.54 Å². The Labute approximate surface area is 125 Å². The van der Waals surface area contributed by atoms with E-state index in [2.05, 4.69) is 0 Å². The summed E-state index contributed by atoms with van der Waals surface area (Å²) < 4.78 is 13.4. The van der Waals surface area contributed by atoms with Gasteiger partial charge in [0.15, 0.2) is 0 Å². The Morgan fingerprint density at radius 1 is 1.14 bits per heavy atom. The highest BCUT2D eigenvalue weighted by atomic mass is 19.1. The third kappa shape index (κ3) is 3.30. The van der Waals surface area contributed by atoms with Crippen molar-refractivity contribution in [3.05, 3.63) is 59.9 Å². The van der Waals surface area contributed by atoms with E-state index in [0.29, 0.717) is 12.1 Å². The Hall–Kier alpha value is -2.16. The number of nitrogens with zero attached hydrogens (tertiary/aromatic N) is 1. The molecule has 3 heteroatoms. The summed E-state index contributed by atoms with van der Waals surface area (Å²) in [5.74, 6) is -0.321. The third-order valence-electron chi connectivity index (χ3n) is 3.52. The number of halogens is 1. The van der Waals surface area contributed by atoms with Gasteiger partial charge in [0.1, 0.15) is 5.82 Å². The fourth-order valence-electron chi connectivity index (χ4n) is 2.48. The molecule has 0 bridgehead atoms. The van der Waals surface area contributed by atoms with Crippen molar-refractivity contribution in [3.8, 4) is 11.1 Å². The van der Waals surface area contributed by atoms with Crippen LogP contribution in [0.2, 0.25) is 0 Å². The molecule has 0 radical (unpaired) electrons. The molecule has 21 heavy (non-hydrogen) atoms. The molecule has 110 valence electrons. The standard InChI is InChI=1S/C18H20FNO/c1-4-20(13(2)3)18(21)17-11-6-5-10-16(17)14-8-7-9-15(19)12-14/h5-13H,4H2,1-3H3. The van der Waals surface area contributed by atoms with E-state index < -0.39 is 0 Å². The number of carbonyl (C=O) groups excluding carboxylic acids is 1. The smallest absolute Gasteiger partial charge is 0.254 e. The van der Waals surface area contributed by atoms with Gasteiger partial charge in [0.25, 0.3) is 5.91 Å². The molecule has 0 N–H and O–H groups in total. The Balaban J connectivity index is 2.49. The molecule has 0 fully saturated rings. The van der Waals surface area contributed by atoms with Gasteiger partial charge in [-0.2, -0.15) is 0 Å². The quantitative estimate of drug-likeness (QED) is 0.817. The normalized spacial score (nSPS) is 10.7. The maximum Gasteiger partial charge on any atom is 0.254 e. The maximum absolute atomic E-state index is 13.4. The molecular formula is C18H20FNO. The molecule has 0 aliphatic rings. The van der Waals surface area contributed by atoms with Crippen LogP contribution in [0.5, 0.6) is 0 Å². The molecule has 0 saturated heterocycles. The van der Waals surface area contributed by atoms with Gasteiger partial charge in [-0.05, 0) is 50.1 Å². The summed E-state index contributed by atoms with van der Waals surface area (Å²) in [6.45, 7) is 6.59. The lowest BCUT2D eigenvalue weighted by atomic mass is 9.98. The topological polar surface area (TPSA) is 20.3 Å². The van der Waals surface area contributed by atoms with Crippen LogP contribution in [-0.4, -0.2) is 23.4 Å². The van der Waals surface area contributed by atoms with Crippen molar-refractivity contribution in [1.82, 2.24) is 4.90 Å². The van der Waals surface area contributed by atoms with E-state index in [9.17, 15) is 9.18 Å². The van der Waals surface area contributed by atoms with E-state index in [-0.39, 0.29) is 17.8 Å². The van der Waals surface area contributed by atoms with Crippen LogP contribution in [0.4, 0.5) is 4.39 Å². The molecule has 2 nitrogen and oxygen atoms in total. The first-order valence-electron chi connectivity index (χ1n) is 7.20. The molecule has 0 unspecified atom stereocenters. The number of benzene rings is 2. The highest BCUT2D eigenvalue weighted by Crippen LogP contribution is 2.25. The Morgan fingerprint density at radius 2 is 1.86 bits per heavy atom. The highest BCUT2D eigenvalue weighted by Gasteiger charge is 2.20. The van der Waals surface area contributed by atoms with E-state index in [1.807, 2.05) is 45.0 Å². The van der Waals surface area contributed by atoms with Crippen molar-refractivity contribution in [3.63, 3.8) is 0 Å². The number of carbonyl (C=O) groups is 1. The molecule has 1 amide bonds. The van der Waals surface area contributed by atoms with Crippen molar-refractivity contribution in [1.29, 1.82) is 0 Å². The van der Waals surface area contributed by atoms with Crippen LogP contribution in [0.3, 0.4) is 0 Å². The van der Waals surface area contributed by atoms with Crippen LogP contribution in [0.1, 0.15) is 31.1 Å². The lowest BCUT2D eigenvalue weighted by Gasteiger charge is -2.26. The first-order valence-corrected chi connectivity index (χ1v) is 7.20. The lowest BCUT2D eigenvalue weighted by Crippen LogP contribution is -2.36. The van der Waals surface area contributed by atoms with Crippen LogP contribution in [0.15, 0.2) is 48.5 Å². The van der Waals surface area contributed by atoms with Crippen LogP contribution in [-0.2, 0) is 0 Å². The van der Waals surface area contributed by atoms with Crippen LogP contribution in [0.25, 0.3) is 11.1 Å². The number of hydrogen-bond donors (Lipinski definition) is 0. The zero-order chi connectivity index (χ0) is 15.4. The minimum Gasteiger partial charge on any atom is -0.336 e. The first kappa shape index (κ1) is 15.2. The molecule has 2 aromatic carbocycles. The fourth-order valence-corrected chi connectivity index (χ4v) is 2.48. The Bertz CT molecular complexity index is 637. The van der Waals surface area contributed by atoms with Crippen molar-refractivity contribution >= 4 is 5.91 Å². The monoisotopic (exact) mass is 285 g/mol. The average molecular weight is 285 g/mol. The predicted octanol–water partition coefficient (Wildman–Crippen LogP) is 4.36. The van der Waals surface area contributed by atoms with E-state index in [1.54, 1.807) is 17.0 Å². The van der Waals surface area contributed by atoms with Crippen molar-refractivity contribution < 1.29 is 9.18 Å². The van der Waals surface area contributed by atoms with E-state index in [4.69, 9.17) is 0 Å². The van der Waals surface area contributed by atoms with Crippen LogP contribution < -0.4 is 0 Å². The second-order valence-corrected chi connectivity index (χ2v) is 5.24. The Morgan fingerprint density at radius 3 is 2.48 bits per heavy atom. The number of hydrogen-bond acceptors (Lipinski definition) is 1. The second kappa shape index (κ2) is 6.53. The summed E-state index contributed by atoms with van der Waals surface area (Å²) in [6, 6.07) is 13.8. The summed E-state index contributed by atoms with van der Waals surface area (Å²) >= 11 is 0. The SMILES string of the molecule is CCN(C(=O)c1ccccc1-c1cccc(F)c1)C(C)C. The zero-order valence-corrected chi connectivity index (χ0v) is 12.6. The van der Waals surface area contributed by atoms with Gasteiger partial charge in [0.2, 0.25) is 0 Å². The molecule has 2 rings (SSSR count). The van der Waals surface area contributed by atoms with Gasteiger partial charge >= 0.3 is 0 Å². The molecule has 0 aliphatic carbocycles. The number of amides is 1. The second-order valence-electron chi connectivity index (χ2n) is 5.24. The summed E-state index contributed by atoms with van der Waals surface area (Å²) in [6.07, 6.45) is 0. The average Bonchev–Trinajstić information content (AvgIpc) is 2.47. The van der Waals surface area contributed by atoms with Gasteiger partial charge in [0, 0.05) is 18.2 Å². The van der Waals surface area contributed by atoms with Gasteiger partial charge in [-0.3, -0.25) is 4.79 Å². The third-order valence-corrected chi connectivity index (χ3v) is 3.52. The van der Waals surface area contributed by atoms with Gasteiger partial charge in [-0.1, -0.05) is 30.3 Å². The van der Waals surface area contributed by atoms with Crippen LogP contribution in [0, 0.1) is 5.82 Å². The summed E-state index contributed by atoms with van der Waals surface area (Å²) in [5, 5.41) is 0. The van der Waals surface area contributed by atoms with Gasteiger partial charge < -0.3 is 4.90 Å². The highest BCUT2D eigenvalue weighted by molar-refractivity contribution is 6.01. The van der Waals surface area contributed by atoms with Gasteiger partial charge in [-0.15, -0.1) is 0 Å². The fraction of sp³-hybridized carbons (Fsp3) is 0.278.